The van der Waals surface area contributed by atoms with Crippen molar-refractivity contribution in [3.05, 3.63) is 54.0 Å². The van der Waals surface area contributed by atoms with Gasteiger partial charge in [-0.15, -0.1) is 0 Å². The fourth-order valence-corrected chi connectivity index (χ4v) is 1.58. The van der Waals surface area contributed by atoms with E-state index in [-0.39, 0.29) is 5.91 Å². The molecule has 0 fully saturated rings. The van der Waals surface area contributed by atoms with Crippen LogP contribution in [0.25, 0.3) is 0 Å². The highest BCUT2D eigenvalue weighted by molar-refractivity contribution is 5.96. The molecule has 2 aromatic rings. The molecular formula is C14H15N3O2. The first kappa shape index (κ1) is 13.0. The highest BCUT2D eigenvalue weighted by Gasteiger charge is 2.12. The molecule has 0 aliphatic heterocycles. The molecule has 2 aromatic heterocycles. The van der Waals surface area contributed by atoms with Gasteiger partial charge in [-0.25, -0.2) is 4.98 Å². The third-order valence-electron chi connectivity index (χ3n) is 2.45. The zero-order valence-electron chi connectivity index (χ0n) is 10.7. The smallest absolute Gasteiger partial charge is 0.257 e. The van der Waals surface area contributed by atoms with Crippen LogP contribution in [-0.2, 0) is 6.54 Å². The van der Waals surface area contributed by atoms with Crippen LogP contribution in [0, 0.1) is 0 Å². The van der Waals surface area contributed by atoms with Crippen molar-refractivity contribution in [1.29, 1.82) is 0 Å². The van der Waals surface area contributed by atoms with Gasteiger partial charge in [-0.05, 0) is 31.2 Å². The summed E-state index contributed by atoms with van der Waals surface area (Å²) in [5.74, 6) is 0.130. The second kappa shape index (κ2) is 6.49. The Morgan fingerprint density at radius 3 is 2.79 bits per heavy atom. The maximum Gasteiger partial charge on any atom is 0.257 e. The Kier molecular flexibility index (Phi) is 4.44. The Balaban J connectivity index is 2.04. The van der Waals surface area contributed by atoms with Crippen LogP contribution in [-0.4, -0.2) is 22.5 Å². The van der Waals surface area contributed by atoms with Crippen molar-refractivity contribution in [2.45, 2.75) is 13.5 Å². The molecule has 0 saturated carbocycles. The standard InChI is InChI=1S/C14H15N3O2/c1-2-19-14-12(7-5-9-16-14)13(18)17-10-11-6-3-4-8-15-11/h3-9H,2,10H2,1H3,(H,17,18). The van der Waals surface area contributed by atoms with Crippen molar-refractivity contribution in [1.82, 2.24) is 15.3 Å². The molecule has 0 bridgehead atoms. The molecular weight excluding hydrogens is 242 g/mol. The maximum absolute atomic E-state index is 12.1. The van der Waals surface area contributed by atoms with Gasteiger partial charge >= 0.3 is 0 Å². The van der Waals surface area contributed by atoms with E-state index in [1.807, 2.05) is 25.1 Å². The minimum absolute atomic E-state index is 0.220. The van der Waals surface area contributed by atoms with Gasteiger partial charge in [-0.3, -0.25) is 9.78 Å². The van der Waals surface area contributed by atoms with E-state index in [1.165, 1.54) is 0 Å². The molecule has 1 N–H and O–H groups in total. The Labute approximate surface area is 111 Å². The summed E-state index contributed by atoms with van der Waals surface area (Å²) in [4.78, 5) is 20.2. The lowest BCUT2D eigenvalue weighted by atomic mass is 10.2. The predicted molar refractivity (Wildman–Crippen MR) is 70.8 cm³/mol. The monoisotopic (exact) mass is 257 g/mol. The second-order valence-corrected chi connectivity index (χ2v) is 3.79. The number of carbonyl (C=O) groups excluding carboxylic acids is 1. The summed E-state index contributed by atoms with van der Waals surface area (Å²) in [7, 11) is 0. The molecule has 2 rings (SSSR count). The van der Waals surface area contributed by atoms with Crippen molar-refractivity contribution in [3.8, 4) is 5.88 Å². The largest absolute Gasteiger partial charge is 0.477 e. The molecule has 5 heteroatoms. The lowest BCUT2D eigenvalue weighted by Gasteiger charge is -2.08. The SMILES string of the molecule is CCOc1ncccc1C(=O)NCc1ccccn1. The predicted octanol–water partition coefficient (Wildman–Crippen LogP) is 1.81. The molecule has 98 valence electrons. The second-order valence-electron chi connectivity index (χ2n) is 3.79. The van der Waals surface area contributed by atoms with Gasteiger partial charge in [0.15, 0.2) is 0 Å². The number of pyridine rings is 2. The van der Waals surface area contributed by atoms with Gasteiger partial charge in [0, 0.05) is 12.4 Å². The van der Waals surface area contributed by atoms with Gasteiger partial charge < -0.3 is 10.1 Å². The van der Waals surface area contributed by atoms with Gasteiger partial charge in [0.2, 0.25) is 5.88 Å². The normalized spacial score (nSPS) is 9.95. The van der Waals surface area contributed by atoms with Crippen molar-refractivity contribution < 1.29 is 9.53 Å². The summed E-state index contributed by atoms with van der Waals surface area (Å²) >= 11 is 0. The van der Waals surface area contributed by atoms with E-state index in [4.69, 9.17) is 4.74 Å². The van der Waals surface area contributed by atoms with E-state index in [1.54, 1.807) is 24.5 Å². The van der Waals surface area contributed by atoms with Crippen molar-refractivity contribution in [2.24, 2.45) is 0 Å². The summed E-state index contributed by atoms with van der Waals surface area (Å²) < 4.78 is 5.32. The average Bonchev–Trinajstić information content (AvgIpc) is 2.47. The molecule has 2 heterocycles. The average molecular weight is 257 g/mol. The van der Waals surface area contributed by atoms with Gasteiger partial charge in [0.1, 0.15) is 5.56 Å². The van der Waals surface area contributed by atoms with E-state index in [2.05, 4.69) is 15.3 Å². The van der Waals surface area contributed by atoms with E-state index >= 15 is 0 Å². The maximum atomic E-state index is 12.1. The number of nitrogens with one attached hydrogen (secondary N) is 1. The zero-order chi connectivity index (χ0) is 13.5. The summed E-state index contributed by atoms with van der Waals surface area (Å²) in [6.45, 7) is 2.70. The van der Waals surface area contributed by atoms with Gasteiger partial charge in [-0.2, -0.15) is 0 Å². The van der Waals surface area contributed by atoms with Crippen LogP contribution in [0.4, 0.5) is 0 Å². The number of rotatable bonds is 5. The number of amides is 1. The molecule has 0 unspecified atom stereocenters. The Bertz CT molecular complexity index is 543. The number of carbonyl (C=O) groups is 1. The first-order valence-electron chi connectivity index (χ1n) is 6.07. The highest BCUT2D eigenvalue weighted by atomic mass is 16.5. The minimum Gasteiger partial charge on any atom is -0.477 e. The van der Waals surface area contributed by atoms with Crippen molar-refractivity contribution >= 4 is 5.91 Å². The van der Waals surface area contributed by atoms with Crippen molar-refractivity contribution in [3.63, 3.8) is 0 Å². The molecule has 0 aromatic carbocycles. The summed E-state index contributed by atoms with van der Waals surface area (Å²) in [5.41, 5.74) is 1.23. The lowest BCUT2D eigenvalue weighted by Crippen LogP contribution is -2.24. The van der Waals surface area contributed by atoms with Crippen LogP contribution in [0.1, 0.15) is 23.0 Å². The number of hydrogen-bond donors (Lipinski definition) is 1. The number of ether oxygens (including phenoxy) is 1. The van der Waals surface area contributed by atoms with Crippen LogP contribution in [0.2, 0.25) is 0 Å². The fourth-order valence-electron chi connectivity index (χ4n) is 1.58. The molecule has 0 atom stereocenters. The Morgan fingerprint density at radius 2 is 2.05 bits per heavy atom. The molecule has 0 radical (unpaired) electrons. The van der Waals surface area contributed by atoms with Crippen LogP contribution < -0.4 is 10.1 Å². The number of nitrogens with zero attached hydrogens (tertiary/aromatic N) is 2. The molecule has 0 saturated heterocycles. The Hall–Kier alpha value is -2.43. The lowest BCUT2D eigenvalue weighted by molar-refractivity contribution is 0.0945. The van der Waals surface area contributed by atoms with Gasteiger partial charge in [0.25, 0.3) is 5.91 Å². The van der Waals surface area contributed by atoms with Crippen molar-refractivity contribution in [2.75, 3.05) is 6.61 Å². The third kappa shape index (κ3) is 3.51. The fraction of sp³-hybridized carbons (Fsp3) is 0.214. The molecule has 0 aliphatic rings. The van der Waals surface area contributed by atoms with E-state index in [0.717, 1.165) is 5.69 Å². The molecule has 19 heavy (non-hydrogen) atoms. The summed E-state index contributed by atoms with van der Waals surface area (Å²) in [5, 5.41) is 2.79. The molecule has 0 aliphatic carbocycles. The quantitative estimate of drug-likeness (QED) is 0.887. The topological polar surface area (TPSA) is 64.1 Å². The zero-order valence-corrected chi connectivity index (χ0v) is 10.7. The van der Waals surface area contributed by atoms with Crippen LogP contribution >= 0.6 is 0 Å². The summed E-state index contributed by atoms with van der Waals surface area (Å²) in [6.07, 6.45) is 3.29. The molecule has 1 amide bonds. The molecule has 0 spiro atoms. The first-order chi connectivity index (χ1) is 9.31. The third-order valence-corrected chi connectivity index (χ3v) is 2.45. The van der Waals surface area contributed by atoms with Crippen LogP contribution in [0.3, 0.4) is 0 Å². The van der Waals surface area contributed by atoms with Gasteiger partial charge in [-0.1, -0.05) is 6.07 Å². The number of aromatic nitrogens is 2. The van der Waals surface area contributed by atoms with Crippen LogP contribution in [0.15, 0.2) is 42.7 Å². The van der Waals surface area contributed by atoms with Gasteiger partial charge in [0.05, 0.1) is 18.8 Å². The highest BCUT2D eigenvalue weighted by Crippen LogP contribution is 2.14. The van der Waals surface area contributed by atoms with E-state index in [0.29, 0.717) is 24.6 Å². The van der Waals surface area contributed by atoms with E-state index in [9.17, 15) is 4.79 Å². The minimum atomic E-state index is -0.220. The first-order valence-corrected chi connectivity index (χ1v) is 6.07. The summed E-state index contributed by atoms with van der Waals surface area (Å²) in [6, 6.07) is 8.96. The van der Waals surface area contributed by atoms with Crippen LogP contribution in [0.5, 0.6) is 5.88 Å². The molecule has 5 nitrogen and oxygen atoms in total. The van der Waals surface area contributed by atoms with E-state index < -0.39 is 0 Å². The Morgan fingerprint density at radius 1 is 1.21 bits per heavy atom. The number of hydrogen-bond acceptors (Lipinski definition) is 4.